The lowest BCUT2D eigenvalue weighted by Crippen LogP contribution is -2.48. The van der Waals surface area contributed by atoms with Gasteiger partial charge in [-0.3, -0.25) is 14.6 Å². The van der Waals surface area contributed by atoms with Crippen LogP contribution in [0.25, 0.3) is 5.57 Å². The number of hydrogen-bond acceptors (Lipinski definition) is 3. The third-order valence-corrected chi connectivity index (χ3v) is 3.00. The number of rotatable bonds is 2. The third kappa shape index (κ3) is 2.22. The predicted molar refractivity (Wildman–Crippen MR) is 69.2 cm³/mol. The second-order valence-corrected chi connectivity index (χ2v) is 5.41. The molecule has 2 rings (SSSR count). The molecular formula is C13H17N2O3+. The van der Waals surface area contributed by atoms with Crippen molar-refractivity contribution in [1.82, 2.24) is 0 Å². The average Bonchev–Trinajstić information content (AvgIpc) is 2.27. The fraction of sp³-hybridized carbons (Fsp3) is 0.385. The van der Waals surface area contributed by atoms with Crippen LogP contribution >= 0.6 is 0 Å². The quantitative estimate of drug-likeness (QED) is 0.459. The summed E-state index contributed by atoms with van der Waals surface area (Å²) in [7, 11) is 6.14. The Morgan fingerprint density at radius 2 is 2.00 bits per heavy atom. The van der Waals surface area contributed by atoms with Crippen LogP contribution in [0.15, 0.2) is 24.3 Å². The van der Waals surface area contributed by atoms with Gasteiger partial charge in [0, 0.05) is 23.8 Å². The Labute approximate surface area is 106 Å². The topological polar surface area (TPSA) is 52.4 Å². The number of non-ortho nitro benzene ring substituents is 1. The minimum absolute atomic E-state index is 0.0704. The number of benzene rings is 1. The number of nitro groups is 1. The zero-order valence-electron chi connectivity index (χ0n) is 11.0. The van der Waals surface area contributed by atoms with E-state index in [1.54, 1.807) is 12.1 Å². The molecule has 0 N–H and O–H groups in total. The zero-order chi connectivity index (χ0) is 13.5. The van der Waals surface area contributed by atoms with Gasteiger partial charge in [-0.25, -0.2) is 0 Å². The van der Waals surface area contributed by atoms with E-state index in [1.165, 1.54) is 6.07 Å². The number of hydrogen-bond donors (Lipinski definition) is 0. The molecular weight excluding hydrogens is 232 g/mol. The molecule has 0 saturated heterocycles. The van der Waals surface area contributed by atoms with Crippen LogP contribution in [-0.2, 0) is 0 Å². The van der Waals surface area contributed by atoms with E-state index < -0.39 is 0 Å². The minimum atomic E-state index is -0.389. The van der Waals surface area contributed by atoms with E-state index in [4.69, 9.17) is 4.74 Å². The highest BCUT2D eigenvalue weighted by Crippen LogP contribution is 2.35. The molecule has 0 saturated carbocycles. The Morgan fingerprint density at radius 1 is 1.33 bits per heavy atom. The highest BCUT2D eigenvalue weighted by Gasteiger charge is 2.29. The number of nitrogens with zero attached hydrogens (tertiary/aromatic N) is 2. The van der Waals surface area contributed by atoms with Gasteiger partial charge in [0.05, 0.1) is 26.1 Å². The number of ether oxygens (including phenoxy) is 1. The minimum Gasteiger partial charge on any atom is -0.438 e. The molecule has 0 bridgehead atoms. The summed E-state index contributed by atoms with van der Waals surface area (Å²) in [6.07, 6.45) is 1.94. The molecule has 0 spiro atoms. The van der Waals surface area contributed by atoms with Gasteiger partial charge in [0.25, 0.3) is 11.9 Å². The van der Waals surface area contributed by atoms with Crippen molar-refractivity contribution in [3.05, 3.63) is 40.0 Å². The Hall–Kier alpha value is -1.88. The third-order valence-electron chi connectivity index (χ3n) is 3.00. The van der Waals surface area contributed by atoms with Crippen LogP contribution in [0, 0.1) is 10.1 Å². The van der Waals surface area contributed by atoms with Crippen molar-refractivity contribution in [2.45, 2.75) is 13.2 Å². The zero-order valence-corrected chi connectivity index (χ0v) is 11.0. The summed E-state index contributed by atoms with van der Waals surface area (Å²) in [6.45, 7) is 1.95. The highest BCUT2D eigenvalue weighted by molar-refractivity contribution is 5.72. The molecule has 0 aromatic heterocycles. The fourth-order valence-corrected chi connectivity index (χ4v) is 1.89. The van der Waals surface area contributed by atoms with E-state index in [-0.39, 0.29) is 16.8 Å². The Morgan fingerprint density at radius 3 is 2.56 bits per heavy atom. The van der Waals surface area contributed by atoms with Gasteiger partial charge in [0.2, 0.25) is 0 Å². The van der Waals surface area contributed by atoms with E-state index in [1.807, 2.05) is 34.1 Å². The van der Waals surface area contributed by atoms with E-state index in [0.29, 0.717) is 10.2 Å². The molecule has 1 aromatic rings. The second kappa shape index (κ2) is 4.10. The number of quaternary nitrogens is 1. The molecule has 0 amide bonds. The van der Waals surface area contributed by atoms with Gasteiger partial charge in [-0.1, -0.05) is 0 Å². The molecule has 1 aliphatic heterocycles. The lowest BCUT2D eigenvalue weighted by molar-refractivity contribution is -0.907. The first-order valence-corrected chi connectivity index (χ1v) is 5.74. The lowest BCUT2D eigenvalue weighted by Gasteiger charge is -2.35. The number of nitro benzene ring substituents is 1. The summed E-state index contributed by atoms with van der Waals surface area (Å²) in [4.78, 5) is 10.4. The monoisotopic (exact) mass is 249 g/mol. The van der Waals surface area contributed by atoms with Crippen molar-refractivity contribution < 1.29 is 14.1 Å². The standard InChI is InChI=1S/C13H17N2O3/c1-9-7-13(15(2,3)4)18-12-6-5-10(14(16)17)8-11(9)12/h5-8,13H,1-4H3/q+1. The maximum atomic E-state index is 10.8. The average molecular weight is 249 g/mol. The van der Waals surface area contributed by atoms with Crippen LogP contribution in [0.5, 0.6) is 5.75 Å². The smallest absolute Gasteiger partial charge is 0.270 e. The van der Waals surface area contributed by atoms with Gasteiger partial charge in [-0.05, 0) is 18.6 Å². The molecule has 1 atom stereocenters. The molecule has 5 nitrogen and oxygen atoms in total. The molecule has 1 aromatic carbocycles. The molecule has 1 heterocycles. The molecule has 1 unspecified atom stereocenters. The molecule has 0 radical (unpaired) electrons. The number of fused-ring (bicyclic) bond motifs is 1. The van der Waals surface area contributed by atoms with Crippen LogP contribution in [0.2, 0.25) is 0 Å². The van der Waals surface area contributed by atoms with Gasteiger partial charge >= 0.3 is 0 Å². The van der Waals surface area contributed by atoms with Gasteiger partial charge in [-0.2, -0.15) is 0 Å². The van der Waals surface area contributed by atoms with Crippen LogP contribution in [0.1, 0.15) is 12.5 Å². The molecule has 0 fully saturated rings. The number of likely N-dealkylation sites (N-methyl/N-ethyl adjacent to an activating group) is 1. The van der Waals surface area contributed by atoms with E-state index in [0.717, 1.165) is 11.1 Å². The normalized spacial score (nSPS) is 18.7. The summed E-state index contributed by atoms with van der Waals surface area (Å²) < 4.78 is 6.52. The van der Waals surface area contributed by atoms with Crippen LogP contribution < -0.4 is 4.74 Å². The van der Waals surface area contributed by atoms with Gasteiger partial charge < -0.3 is 4.74 Å². The van der Waals surface area contributed by atoms with Gasteiger partial charge in [-0.15, -0.1) is 0 Å². The van der Waals surface area contributed by atoms with Crippen LogP contribution in [-0.4, -0.2) is 36.8 Å². The van der Waals surface area contributed by atoms with E-state index >= 15 is 0 Å². The second-order valence-electron chi connectivity index (χ2n) is 5.41. The van der Waals surface area contributed by atoms with Crippen molar-refractivity contribution in [3.8, 4) is 5.75 Å². The molecule has 18 heavy (non-hydrogen) atoms. The van der Waals surface area contributed by atoms with E-state index in [9.17, 15) is 10.1 Å². The van der Waals surface area contributed by atoms with Gasteiger partial charge in [0.1, 0.15) is 5.75 Å². The first-order valence-electron chi connectivity index (χ1n) is 5.74. The van der Waals surface area contributed by atoms with Crippen molar-refractivity contribution in [2.24, 2.45) is 0 Å². The summed E-state index contributed by atoms with van der Waals surface area (Å²) >= 11 is 0. The summed E-state index contributed by atoms with van der Waals surface area (Å²) in [5, 5.41) is 10.8. The molecule has 5 heteroatoms. The van der Waals surface area contributed by atoms with Crippen LogP contribution in [0.4, 0.5) is 5.69 Å². The highest BCUT2D eigenvalue weighted by atomic mass is 16.6. The summed E-state index contributed by atoms with van der Waals surface area (Å²) in [6, 6.07) is 4.71. The number of allylic oxidation sites excluding steroid dienone is 1. The van der Waals surface area contributed by atoms with Crippen molar-refractivity contribution in [2.75, 3.05) is 21.1 Å². The lowest BCUT2D eigenvalue weighted by atomic mass is 10.0. The summed E-state index contributed by atoms with van der Waals surface area (Å²) in [5.74, 6) is 0.707. The van der Waals surface area contributed by atoms with Crippen molar-refractivity contribution >= 4 is 11.3 Å². The maximum Gasteiger partial charge on any atom is 0.270 e. The first-order chi connectivity index (χ1) is 8.29. The fourth-order valence-electron chi connectivity index (χ4n) is 1.89. The molecule has 96 valence electrons. The first kappa shape index (κ1) is 12.6. The largest absolute Gasteiger partial charge is 0.438 e. The Balaban J connectivity index is 2.44. The van der Waals surface area contributed by atoms with Crippen molar-refractivity contribution in [3.63, 3.8) is 0 Å². The Bertz CT molecular complexity index is 530. The van der Waals surface area contributed by atoms with E-state index in [2.05, 4.69) is 0 Å². The van der Waals surface area contributed by atoms with Crippen LogP contribution in [0.3, 0.4) is 0 Å². The maximum absolute atomic E-state index is 10.8. The Kier molecular flexibility index (Phi) is 2.86. The molecule has 0 aliphatic carbocycles. The predicted octanol–water partition coefficient (Wildman–Crippen LogP) is 2.42. The summed E-state index contributed by atoms with van der Waals surface area (Å²) in [5.41, 5.74) is 1.90. The van der Waals surface area contributed by atoms with Crippen molar-refractivity contribution in [1.29, 1.82) is 0 Å². The SMILES string of the molecule is CC1=CC([N+](C)(C)C)Oc2ccc([N+](=O)[O-])cc21. The molecule has 1 aliphatic rings. The van der Waals surface area contributed by atoms with Gasteiger partial charge in [0.15, 0.2) is 0 Å².